The molecule has 2 aromatic heterocycles. The van der Waals surface area contributed by atoms with Crippen LogP contribution in [0.5, 0.6) is 0 Å². The van der Waals surface area contributed by atoms with Crippen molar-refractivity contribution >= 4 is 17.4 Å². The van der Waals surface area contributed by atoms with Crippen LogP contribution >= 0.6 is 0 Å². The van der Waals surface area contributed by atoms with Gasteiger partial charge in [0.2, 0.25) is 0 Å². The van der Waals surface area contributed by atoms with Crippen molar-refractivity contribution in [2.75, 3.05) is 5.32 Å². The molecule has 0 spiro atoms. The molecule has 2 aromatic carbocycles. The minimum absolute atomic E-state index is 0.0110. The summed E-state index contributed by atoms with van der Waals surface area (Å²) in [6.07, 6.45) is 1.54. The molecule has 0 fully saturated rings. The number of nitrogens with one attached hydrogen (secondary N) is 1. The number of fused-ring (bicyclic) bond motifs is 1. The van der Waals surface area contributed by atoms with E-state index in [0.29, 0.717) is 22.5 Å². The number of carbonyl (C=O) groups excluding carboxylic acids is 1. The maximum absolute atomic E-state index is 13.7. The molecule has 30 heavy (non-hydrogen) atoms. The van der Waals surface area contributed by atoms with Crippen molar-refractivity contribution in [1.82, 2.24) is 14.6 Å². The summed E-state index contributed by atoms with van der Waals surface area (Å²) in [5.41, 5.74) is 2.96. The van der Waals surface area contributed by atoms with Crippen molar-refractivity contribution in [2.45, 2.75) is 26.2 Å². The summed E-state index contributed by atoms with van der Waals surface area (Å²) in [5, 5.41) is 6.96. The largest absolute Gasteiger partial charge is 0.306 e. The number of hydrogen-bond donors (Lipinski definition) is 1. The summed E-state index contributed by atoms with van der Waals surface area (Å²) < 4.78 is 28.6. The van der Waals surface area contributed by atoms with Crippen LogP contribution in [0.1, 0.15) is 36.7 Å². The highest BCUT2D eigenvalue weighted by Gasteiger charge is 2.16. The van der Waals surface area contributed by atoms with Crippen LogP contribution in [-0.4, -0.2) is 20.5 Å². The first-order chi connectivity index (χ1) is 14.2. The van der Waals surface area contributed by atoms with Crippen LogP contribution in [-0.2, 0) is 5.41 Å². The zero-order valence-corrected chi connectivity index (χ0v) is 16.8. The Morgan fingerprint density at radius 1 is 0.967 bits per heavy atom. The van der Waals surface area contributed by atoms with Gasteiger partial charge < -0.3 is 5.32 Å². The van der Waals surface area contributed by atoms with Crippen LogP contribution in [0.4, 0.5) is 14.6 Å². The van der Waals surface area contributed by atoms with E-state index in [2.05, 4.69) is 36.2 Å². The molecular formula is C23H20F2N4O. The molecule has 4 rings (SSSR count). The van der Waals surface area contributed by atoms with Gasteiger partial charge in [0, 0.05) is 23.3 Å². The van der Waals surface area contributed by atoms with Gasteiger partial charge in [0.1, 0.15) is 5.82 Å². The lowest BCUT2D eigenvalue weighted by atomic mass is 9.87. The van der Waals surface area contributed by atoms with Crippen molar-refractivity contribution in [3.63, 3.8) is 0 Å². The van der Waals surface area contributed by atoms with E-state index < -0.39 is 11.6 Å². The third-order valence-electron chi connectivity index (χ3n) is 4.83. The van der Waals surface area contributed by atoms with E-state index in [1.807, 2.05) is 12.1 Å². The van der Waals surface area contributed by atoms with Gasteiger partial charge in [0.05, 0.1) is 11.9 Å². The second-order valence-electron chi connectivity index (χ2n) is 8.04. The van der Waals surface area contributed by atoms with Crippen molar-refractivity contribution < 1.29 is 13.6 Å². The summed E-state index contributed by atoms with van der Waals surface area (Å²) in [5.74, 6) is -1.93. The van der Waals surface area contributed by atoms with E-state index in [1.54, 1.807) is 30.5 Å². The van der Waals surface area contributed by atoms with Gasteiger partial charge in [0.25, 0.3) is 5.91 Å². The summed E-state index contributed by atoms with van der Waals surface area (Å²) in [6.45, 7) is 6.31. The Kier molecular flexibility index (Phi) is 4.81. The molecule has 1 amide bonds. The number of anilines is 1. The predicted molar refractivity (Wildman–Crippen MR) is 111 cm³/mol. The molecule has 0 aliphatic heterocycles. The van der Waals surface area contributed by atoms with E-state index >= 15 is 0 Å². The van der Waals surface area contributed by atoms with Crippen molar-refractivity contribution in [3.05, 3.63) is 83.6 Å². The van der Waals surface area contributed by atoms with Crippen LogP contribution in [0.15, 0.2) is 60.8 Å². The number of halogens is 2. The topological polar surface area (TPSA) is 59.3 Å². The quantitative estimate of drug-likeness (QED) is 0.507. The number of nitrogens with zero attached hydrogens (tertiary/aromatic N) is 3. The smallest absolute Gasteiger partial charge is 0.256 e. The molecule has 1 N–H and O–H groups in total. The molecule has 0 bridgehead atoms. The lowest BCUT2D eigenvalue weighted by molar-refractivity contribution is 0.102. The maximum Gasteiger partial charge on any atom is 0.256 e. The monoisotopic (exact) mass is 406 g/mol. The summed E-state index contributed by atoms with van der Waals surface area (Å²) in [7, 11) is 0. The molecule has 7 heteroatoms. The highest BCUT2D eigenvalue weighted by atomic mass is 19.2. The normalized spacial score (nSPS) is 11.6. The maximum atomic E-state index is 13.7. The third-order valence-corrected chi connectivity index (χ3v) is 4.83. The summed E-state index contributed by atoms with van der Waals surface area (Å²) in [6, 6.07) is 14.2. The Morgan fingerprint density at radius 2 is 1.70 bits per heavy atom. The van der Waals surface area contributed by atoms with Gasteiger partial charge in [-0.15, -0.1) is 0 Å². The highest BCUT2D eigenvalue weighted by molar-refractivity contribution is 6.04. The Bertz CT molecular complexity index is 1240. The number of aromatic nitrogens is 3. The Labute approximate surface area is 172 Å². The predicted octanol–water partition coefficient (Wildman–Crippen LogP) is 5.22. The zero-order chi connectivity index (χ0) is 21.5. The molecule has 5 nitrogen and oxygen atoms in total. The van der Waals surface area contributed by atoms with Gasteiger partial charge in [-0.25, -0.2) is 18.3 Å². The van der Waals surface area contributed by atoms with Crippen LogP contribution in [0.25, 0.3) is 16.9 Å². The molecule has 0 atom stereocenters. The molecular weight excluding hydrogens is 386 g/mol. The number of amides is 1. The number of carbonyl (C=O) groups is 1. The first-order valence-electron chi connectivity index (χ1n) is 9.44. The van der Waals surface area contributed by atoms with Gasteiger partial charge in [-0.2, -0.15) is 5.10 Å². The molecule has 152 valence electrons. The average Bonchev–Trinajstić information content (AvgIpc) is 3.17. The van der Waals surface area contributed by atoms with Gasteiger partial charge in [-0.1, -0.05) is 32.9 Å². The summed E-state index contributed by atoms with van der Waals surface area (Å²) in [4.78, 5) is 17.1. The van der Waals surface area contributed by atoms with Crippen molar-refractivity contribution in [2.24, 2.45) is 0 Å². The van der Waals surface area contributed by atoms with Gasteiger partial charge in [-0.05, 0) is 41.3 Å². The fraction of sp³-hybridized carbons (Fsp3) is 0.174. The average molecular weight is 406 g/mol. The van der Waals surface area contributed by atoms with Gasteiger partial charge >= 0.3 is 0 Å². The molecule has 2 heterocycles. The van der Waals surface area contributed by atoms with E-state index in [9.17, 15) is 13.6 Å². The highest BCUT2D eigenvalue weighted by Crippen LogP contribution is 2.25. The van der Waals surface area contributed by atoms with Crippen molar-refractivity contribution in [3.8, 4) is 11.3 Å². The summed E-state index contributed by atoms with van der Waals surface area (Å²) >= 11 is 0. The second kappa shape index (κ2) is 7.33. The molecule has 0 unspecified atom stereocenters. The number of benzene rings is 2. The Hall–Kier alpha value is -3.61. The minimum atomic E-state index is -0.964. The van der Waals surface area contributed by atoms with E-state index in [-0.39, 0.29) is 17.1 Å². The zero-order valence-electron chi connectivity index (χ0n) is 16.8. The molecule has 0 radical (unpaired) electrons. The lowest BCUT2D eigenvalue weighted by Gasteiger charge is -2.19. The third kappa shape index (κ3) is 3.78. The molecule has 4 aromatic rings. The molecule has 0 saturated heterocycles. The molecule has 0 aliphatic rings. The van der Waals surface area contributed by atoms with Crippen LogP contribution in [0, 0.1) is 11.6 Å². The van der Waals surface area contributed by atoms with Crippen molar-refractivity contribution in [1.29, 1.82) is 0 Å². The minimum Gasteiger partial charge on any atom is -0.306 e. The second-order valence-corrected chi connectivity index (χ2v) is 8.04. The lowest BCUT2D eigenvalue weighted by Crippen LogP contribution is -2.15. The Balaban J connectivity index is 1.68. The SMILES string of the molecule is CC(C)(C)c1ccc(C(=O)Nc2cc(-c3ccc(F)c(F)c3)n3nccc3n2)cc1. The van der Waals surface area contributed by atoms with E-state index in [0.717, 1.165) is 17.7 Å². The van der Waals surface area contributed by atoms with E-state index in [1.165, 1.54) is 10.6 Å². The van der Waals surface area contributed by atoms with E-state index in [4.69, 9.17) is 0 Å². The fourth-order valence-electron chi connectivity index (χ4n) is 3.15. The molecule has 0 saturated carbocycles. The fourth-order valence-corrected chi connectivity index (χ4v) is 3.15. The first kappa shape index (κ1) is 19.7. The van der Waals surface area contributed by atoms with Crippen LogP contribution in [0.2, 0.25) is 0 Å². The first-order valence-corrected chi connectivity index (χ1v) is 9.44. The molecule has 0 aliphatic carbocycles. The van der Waals surface area contributed by atoms with Gasteiger partial charge in [-0.3, -0.25) is 4.79 Å². The Morgan fingerprint density at radius 3 is 2.37 bits per heavy atom. The van der Waals surface area contributed by atoms with Crippen LogP contribution < -0.4 is 5.32 Å². The number of rotatable bonds is 3. The van der Waals surface area contributed by atoms with Crippen LogP contribution in [0.3, 0.4) is 0 Å². The van der Waals surface area contributed by atoms with Gasteiger partial charge in [0.15, 0.2) is 17.3 Å². The standard InChI is InChI=1S/C23H20F2N4O/c1-23(2,3)16-7-4-14(5-8-16)22(30)28-20-13-19(29-21(27-20)10-11-26-29)15-6-9-17(24)18(25)12-15/h4-13H,1-3H3,(H,27,28,30). The number of hydrogen-bond acceptors (Lipinski definition) is 3.